The summed E-state index contributed by atoms with van der Waals surface area (Å²) in [5, 5.41) is 12.8. The Bertz CT molecular complexity index is 628. The van der Waals surface area contributed by atoms with Gasteiger partial charge < -0.3 is 15.2 Å². The molecule has 0 atom stereocenters. The fraction of sp³-hybridized carbons (Fsp3) is 0.133. The zero-order valence-electron chi connectivity index (χ0n) is 10.9. The molecular formula is C15H14ClNO3. The van der Waals surface area contributed by atoms with Crippen LogP contribution in [0.4, 0.5) is 5.69 Å². The molecule has 0 aromatic heterocycles. The van der Waals surface area contributed by atoms with E-state index in [0.717, 1.165) is 0 Å². The molecule has 0 aliphatic heterocycles. The summed E-state index contributed by atoms with van der Waals surface area (Å²) in [5.41, 5.74) is 1.15. The molecule has 2 N–H and O–H groups in total. The lowest BCUT2D eigenvalue weighted by molar-refractivity contribution is -0.115. The summed E-state index contributed by atoms with van der Waals surface area (Å²) < 4.78 is 5.04. The normalized spacial score (nSPS) is 10.1. The van der Waals surface area contributed by atoms with Crippen LogP contribution in [-0.4, -0.2) is 18.1 Å². The second-order valence-electron chi connectivity index (χ2n) is 4.20. The van der Waals surface area contributed by atoms with Gasteiger partial charge in [0.1, 0.15) is 11.5 Å². The van der Waals surface area contributed by atoms with Gasteiger partial charge in [-0.15, -0.1) is 0 Å². The van der Waals surface area contributed by atoms with E-state index in [1.807, 2.05) is 0 Å². The molecule has 0 spiro atoms. The standard InChI is InChI=1S/C15H14ClNO3/c1-20-14-7-6-11(9-12(14)16)17-15(19)8-10-4-2-3-5-13(10)18/h2-7,9,18H,8H2,1H3,(H,17,19). The van der Waals surface area contributed by atoms with Gasteiger partial charge in [0.25, 0.3) is 0 Å². The first-order valence-corrected chi connectivity index (χ1v) is 6.38. The van der Waals surface area contributed by atoms with Crippen LogP contribution >= 0.6 is 11.6 Å². The number of ether oxygens (including phenoxy) is 1. The molecule has 2 aromatic rings. The van der Waals surface area contributed by atoms with Crippen LogP contribution in [0.15, 0.2) is 42.5 Å². The molecule has 2 rings (SSSR count). The highest BCUT2D eigenvalue weighted by molar-refractivity contribution is 6.32. The van der Waals surface area contributed by atoms with E-state index in [1.54, 1.807) is 42.5 Å². The van der Waals surface area contributed by atoms with Gasteiger partial charge in [-0.2, -0.15) is 0 Å². The minimum atomic E-state index is -0.229. The van der Waals surface area contributed by atoms with Crippen LogP contribution in [0.3, 0.4) is 0 Å². The van der Waals surface area contributed by atoms with E-state index in [0.29, 0.717) is 22.0 Å². The number of anilines is 1. The first-order valence-electron chi connectivity index (χ1n) is 6.00. The Balaban J connectivity index is 2.05. The number of phenolic OH excluding ortho intramolecular Hbond substituents is 1. The third-order valence-electron chi connectivity index (χ3n) is 2.78. The maximum atomic E-state index is 11.9. The molecule has 2 aromatic carbocycles. The second-order valence-corrected chi connectivity index (χ2v) is 4.61. The molecule has 0 radical (unpaired) electrons. The number of para-hydroxylation sites is 1. The van der Waals surface area contributed by atoms with Crippen LogP contribution in [0.5, 0.6) is 11.5 Å². The van der Waals surface area contributed by atoms with E-state index in [9.17, 15) is 9.90 Å². The van der Waals surface area contributed by atoms with E-state index in [1.165, 1.54) is 7.11 Å². The maximum absolute atomic E-state index is 11.9. The van der Waals surface area contributed by atoms with Gasteiger partial charge in [-0.25, -0.2) is 0 Å². The monoisotopic (exact) mass is 291 g/mol. The van der Waals surface area contributed by atoms with Crippen molar-refractivity contribution < 1.29 is 14.6 Å². The number of benzene rings is 2. The minimum Gasteiger partial charge on any atom is -0.508 e. The second kappa shape index (κ2) is 6.30. The average Bonchev–Trinajstić information content (AvgIpc) is 2.41. The van der Waals surface area contributed by atoms with Crippen molar-refractivity contribution in [3.05, 3.63) is 53.1 Å². The van der Waals surface area contributed by atoms with E-state index in [2.05, 4.69) is 5.32 Å². The molecule has 0 saturated heterocycles. The number of carbonyl (C=O) groups is 1. The highest BCUT2D eigenvalue weighted by Crippen LogP contribution is 2.27. The molecule has 0 bridgehead atoms. The predicted octanol–water partition coefficient (Wildman–Crippen LogP) is 3.24. The zero-order chi connectivity index (χ0) is 14.5. The highest BCUT2D eigenvalue weighted by atomic mass is 35.5. The SMILES string of the molecule is COc1ccc(NC(=O)Cc2ccccc2O)cc1Cl. The van der Waals surface area contributed by atoms with Crippen LogP contribution in [0.1, 0.15) is 5.56 Å². The number of methoxy groups -OCH3 is 1. The van der Waals surface area contributed by atoms with E-state index in [-0.39, 0.29) is 18.1 Å². The first-order chi connectivity index (χ1) is 9.60. The zero-order valence-corrected chi connectivity index (χ0v) is 11.6. The molecule has 1 amide bonds. The Hall–Kier alpha value is -2.20. The summed E-state index contributed by atoms with van der Waals surface area (Å²) in [6.45, 7) is 0. The summed E-state index contributed by atoms with van der Waals surface area (Å²) in [6, 6.07) is 11.7. The van der Waals surface area contributed by atoms with Gasteiger partial charge in [0, 0.05) is 11.3 Å². The predicted molar refractivity (Wildman–Crippen MR) is 78.4 cm³/mol. The minimum absolute atomic E-state index is 0.0936. The van der Waals surface area contributed by atoms with Gasteiger partial charge in [0.05, 0.1) is 18.6 Å². The highest BCUT2D eigenvalue weighted by Gasteiger charge is 2.09. The lowest BCUT2D eigenvalue weighted by atomic mass is 10.1. The van der Waals surface area contributed by atoms with Crippen LogP contribution in [-0.2, 0) is 11.2 Å². The Kier molecular flexibility index (Phi) is 4.48. The van der Waals surface area contributed by atoms with Crippen molar-refractivity contribution in [2.24, 2.45) is 0 Å². The Morgan fingerprint density at radius 1 is 1.30 bits per heavy atom. The summed E-state index contributed by atoms with van der Waals surface area (Å²) in [6.07, 6.45) is 0.0936. The topological polar surface area (TPSA) is 58.6 Å². The average molecular weight is 292 g/mol. The van der Waals surface area contributed by atoms with Gasteiger partial charge in [0.15, 0.2) is 0 Å². The number of carbonyl (C=O) groups excluding carboxylic acids is 1. The Morgan fingerprint density at radius 3 is 2.70 bits per heavy atom. The van der Waals surface area contributed by atoms with Crippen LogP contribution < -0.4 is 10.1 Å². The number of halogens is 1. The number of hydrogen-bond donors (Lipinski definition) is 2. The molecular weight excluding hydrogens is 278 g/mol. The van der Waals surface area contributed by atoms with Crippen molar-refractivity contribution >= 4 is 23.2 Å². The Labute approximate surface area is 122 Å². The molecule has 104 valence electrons. The van der Waals surface area contributed by atoms with Crippen molar-refractivity contribution in [1.82, 2.24) is 0 Å². The fourth-order valence-corrected chi connectivity index (χ4v) is 2.04. The lowest BCUT2D eigenvalue weighted by Crippen LogP contribution is -2.14. The van der Waals surface area contributed by atoms with Crippen molar-refractivity contribution in [3.63, 3.8) is 0 Å². The van der Waals surface area contributed by atoms with Crippen LogP contribution in [0.25, 0.3) is 0 Å². The van der Waals surface area contributed by atoms with Crippen molar-refractivity contribution in [2.75, 3.05) is 12.4 Å². The fourth-order valence-electron chi connectivity index (χ4n) is 1.78. The van der Waals surface area contributed by atoms with Crippen LogP contribution in [0.2, 0.25) is 5.02 Å². The summed E-state index contributed by atoms with van der Waals surface area (Å²) in [5.74, 6) is 0.425. The van der Waals surface area contributed by atoms with Crippen molar-refractivity contribution in [3.8, 4) is 11.5 Å². The molecule has 0 fully saturated rings. The van der Waals surface area contributed by atoms with Gasteiger partial charge in [-0.1, -0.05) is 29.8 Å². The largest absolute Gasteiger partial charge is 0.508 e. The smallest absolute Gasteiger partial charge is 0.228 e. The van der Waals surface area contributed by atoms with Crippen molar-refractivity contribution in [1.29, 1.82) is 0 Å². The first kappa shape index (κ1) is 14.2. The third kappa shape index (κ3) is 3.42. The Morgan fingerprint density at radius 2 is 2.05 bits per heavy atom. The van der Waals surface area contributed by atoms with E-state index >= 15 is 0 Å². The molecule has 4 nitrogen and oxygen atoms in total. The molecule has 0 saturated carbocycles. The van der Waals surface area contributed by atoms with E-state index < -0.39 is 0 Å². The third-order valence-corrected chi connectivity index (χ3v) is 3.07. The molecule has 0 aliphatic carbocycles. The van der Waals surface area contributed by atoms with Crippen LogP contribution in [0, 0.1) is 0 Å². The summed E-state index contributed by atoms with van der Waals surface area (Å²) >= 11 is 5.98. The number of amides is 1. The van der Waals surface area contributed by atoms with Gasteiger partial charge >= 0.3 is 0 Å². The molecule has 0 aliphatic rings. The van der Waals surface area contributed by atoms with Crippen molar-refractivity contribution in [2.45, 2.75) is 6.42 Å². The number of aromatic hydroxyl groups is 1. The molecule has 0 heterocycles. The molecule has 0 unspecified atom stereocenters. The van der Waals surface area contributed by atoms with E-state index in [4.69, 9.17) is 16.3 Å². The number of nitrogens with one attached hydrogen (secondary N) is 1. The van der Waals surface area contributed by atoms with Gasteiger partial charge in [-0.3, -0.25) is 4.79 Å². The number of phenols is 1. The lowest BCUT2D eigenvalue weighted by Gasteiger charge is -2.08. The molecule has 5 heteroatoms. The molecule has 20 heavy (non-hydrogen) atoms. The quantitative estimate of drug-likeness (QED) is 0.909. The summed E-state index contributed by atoms with van der Waals surface area (Å²) in [4.78, 5) is 11.9. The number of hydrogen-bond acceptors (Lipinski definition) is 3. The maximum Gasteiger partial charge on any atom is 0.228 e. The summed E-state index contributed by atoms with van der Waals surface area (Å²) in [7, 11) is 1.53. The van der Waals surface area contributed by atoms with Gasteiger partial charge in [-0.05, 0) is 24.3 Å². The number of rotatable bonds is 4. The van der Waals surface area contributed by atoms with Gasteiger partial charge in [0.2, 0.25) is 5.91 Å².